The van der Waals surface area contributed by atoms with E-state index in [9.17, 15) is 0 Å². The standard InChI is InChI=1S/C14H25N3O2/c1-13-11-14(19-15-13)12-17-8-6-16(7-9-17)5-3-2-4-10-18/h11,18H,2-10,12H2,1H3. The van der Waals surface area contributed by atoms with Crippen molar-refractivity contribution in [3.63, 3.8) is 0 Å². The second kappa shape index (κ2) is 7.62. The smallest absolute Gasteiger partial charge is 0.150 e. The molecule has 19 heavy (non-hydrogen) atoms. The Bertz CT molecular complexity index is 359. The molecular weight excluding hydrogens is 242 g/mol. The molecule has 2 heterocycles. The van der Waals surface area contributed by atoms with Gasteiger partial charge in [-0.1, -0.05) is 5.16 Å². The van der Waals surface area contributed by atoms with Crippen molar-refractivity contribution in [2.45, 2.75) is 32.7 Å². The molecule has 108 valence electrons. The quantitative estimate of drug-likeness (QED) is 0.754. The van der Waals surface area contributed by atoms with Crippen molar-refractivity contribution in [2.24, 2.45) is 0 Å². The summed E-state index contributed by atoms with van der Waals surface area (Å²) in [4.78, 5) is 4.93. The van der Waals surface area contributed by atoms with Crippen LogP contribution in [0.3, 0.4) is 0 Å². The number of nitrogens with zero attached hydrogens (tertiary/aromatic N) is 3. The van der Waals surface area contributed by atoms with Gasteiger partial charge >= 0.3 is 0 Å². The van der Waals surface area contributed by atoms with Gasteiger partial charge in [0.05, 0.1) is 12.2 Å². The first kappa shape index (κ1) is 14.5. The van der Waals surface area contributed by atoms with Crippen molar-refractivity contribution in [3.05, 3.63) is 17.5 Å². The molecular formula is C14H25N3O2. The highest BCUT2D eigenvalue weighted by atomic mass is 16.5. The Balaban J connectivity index is 1.62. The molecule has 1 aliphatic rings. The van der Waals surface area contributed by atoms with Gasteiger partial charge in [-0.3, -0.25) is 4.90 Å². The van der Waals surface area contributed by atoms with E-state index < -0.39 is 0 Å². The molecule has 0 saturated carbocycles. The van der Waals surface area contributed by atoms with Gasteiger partial charge in [0.25, 0.3) is 0 Å². The summed E-state index contributed by atoms with van der Waals surface area (Å²) in [5.41, 5.74) is 0.956. The maximum Gasteiger partial charge on any atom is 0.150 e. The second-order valence-electron chi connectivity index (χ2n) is 5.34. The average molecular weight is 267 g/mol. The minimum atomic E-state index is 0.324. The molecule has 5 nitrogen and oxygen atoms in total. The third kappa shape index (κ3) is 4.93. The van der Waals surface area contributed by atoms with E-state index in [1.807, 2.05) is 13.0 Å². The number of aliphatic hydroxyl groups excluding tert-OH is 1. The van der Waals surface area contributed by atoms with Crippen LogP contribution in [0.5, 0.6) is 0 Å². The highest BCUT2D eigenvalue weighted by Gasteiger charge is 2.17. The summed E-state index contributed by atoms with van der Waals surface area (Å²) in [6.45, 7) is 8.77. The van der Waals surface area contributed by atoms with E-state index in [0.717, 1.165) is 63.6 Å². The predicted octanol–water partition coefficient (Wildman–Crippen LogP) is 1.26. The first-order valence-electron chi connectivity index (χ1n) is 7.25. The first-order chi connectivity index (χ1) is 9.28. The monoisotopic (exact) mass is 267 g/mol. The first-order valence-corrected chi connectivity index (χ1v) is 7.25. The van der Waals surface area contributed by atoms with Crippen LogP contribution in [0.1, 0.15) is 30.7 Å². The van der Waals surface area contributed by atoms with E-state index in [0.29, 0.717) is 6.61 Å². The Labute approximate surface area is 115 Å². The summed E-state index contributed by atoms with van der Waals surface area (Å²) in [7, 11) is 0. The molecule has 1 saturated heterocycles. The Kier molecular flexibility index (Phi) is 5.82. The second-order valence-corrected chi connectivity index (χ2v) is 5.34. The van der Waals surface area contributed by atoms with E-state index in [4.69, 9.17) is 9.63 Å². The number of rotatable bonds is 7. The zero-order chi connectivity index (χ0) is 13.5. The van der Waals surface area contributed by atoms with Gasteiger partial charge in [0.15, 0.2) is 5.76 Å². The van der Waals surface area contributed by atoms with Crippen LogP contribution in [0.4, 0.5) is 0 Å². The van der Waals surface area contributed by atoms with Crippen molar-refractivity contribution in [1.29, 1.82) is 0 Å². The Morgan fingerprint density at radius 3 is 2.53 bits per heavy atom. The number of unbranched alkanes of at least 4 members (excludes halogenated alkanes) is 2. The zero-order valence-electron chi connectivity index (χ0n) is 11.8. The molecule has 0 aliphatic carbocycles. The number of hydrogen-bond donors (Lipinski definition) is 1. The molecule has 0 amide bonds. The third-order valence-corrected chi connectivity index (χ3v) is 3.65. The molecule has 0 spiro atoms. The van der Waals surface area contributed by atoms with Gasteiger partial charge in [0, 0.05) is 38.9 Å². The normalized spacial score (nSPS) is 18.0. The van der Waals surface area contributed by atoms with Crippen LogP contribution in [0.25, 0.3) is 0 Å². The number of aryl methyl sites for hydroxylation is 1. The summed E-state index contributed by atoms with van der Waals surface area (Å²) in [6, 6.07) is 2.02. The molecule has 0 aromatic carbocycles. The van der Waals surface area contributed by atoms with Gasteiger partial charge in [-0.15, -0.1) is 0 Å². The molecule has 0 unspecified atom stereocenters. The fraction of sp³-hybridized carbons (Fsp3) is 0.786. The summed E-state index contributed by atoms with van der Waals surface area (Å²) in [5.74, 6) is 0.967. The predicted molar refractivity (Wildman–Crippen MR) is 73.9 cm³/mol. The van der Waals surface area contributed by atoms with Crippen molar-refractivity contribution in [3.8, 4) is 0 Å². The van der Waals surface area contributed by atoms with Gasteiger partial charge in [0.1, 0.15) is 0 Å². The van der Waals surface area contributed by atoms with E-state index in [-0.39, 0.29) is 0 Å². The summed E-state index contributed by atoms with van der Waals surface area (Å²) >= 11 is 0. The van der Waals surface area contributed by atoms with Crippen molar-refractivity contribution >= 4 is 0 Å². The van der Waals surface area contributed by atoms with Gasteiger partial charge in [-0.05, 0) is 32.7 Å². The summed E-state index contributed by atoms with van der Waals surface area (Å²) < 4.78 is 5.26. The van der Waals surface area contributed by atoms with Gasteiger partial charge in [0.2, 0.25) is 0 Å². The zero-order valence-corrected chi connectivity index (χ0v) is 11.8. The van der Waals surface area contributed by atoms with Gasteiger partial charge in [-0.2, -0.15) is 0 Å². The van der Waals surface area contributed by atoms with E-state index >= 15 is 0 Å². The van der Waals surface area contributed by atoms with Crippen LogP contribution < -0.4 is 0 Å². The van der Waals surface area contributed by atoms with Crippen LogP contribution in [-0.4, -0.2) is 59.4 Å². The third-order valence-electron chi connectivity index (χ3n) is 3.65. The van der Waals surface area contributed by atoms with E-state index in [2.05, 4.69) is 15.0 Å². The lowest BCUT2D eigenvalue weighted by Crippen LogP contribution is -2.46. The lowest BCUT2D eigenvalue weighted by atomic mass is 10.2. The maximum absolute atomic E-state index is 8.75. The molecule has 1 N–H and O–H groups in total. The Morgan fingerprint density at radius 1 is 1.16 bits per heavy atom. The molecule has 1 aromatic rings. The number of piperazine rings is 1. The number of aromatic nitrogens is 1. The molecule has 1 fully saturated rings. The molecule has 0 radical (unpaired) electrons. The lowest BCUT2D eigenvalue weighted by molar-refractivity contribution is 0.116. The van der Waals surface area contributed by atoms with Crippen LogP contribution in [0.15, 0.2) is 10.6 Å². The minimum absolute atomic E-state index is 0.324. The Morgan fingerprint density at radius 2 is 1.89 bits per heavy atom. The topological polar surface area (TPSA) is 52.7 Å². The molecule has 0 bridgehead atoms. The van der Waals surface area contributed by atoms with Crippen molar-refractivity contribution in [1.82, 2.24) is 15.0 Å². The highest BCUT2D eigenvalue weighted by Crippen LogP contribution is 2.10. The largest absolute Gasteiger partial charge is 0.396 e. The average Bonchev–Trinajstić information content (AvgIpc) is 2.82. The van der Waals surface area contributed by atoms with Crippen molar-refractivity contribution in [2.75, 3.05) is 39.3 Å². The lowest BCUT2D eigenvalue weighted by Gasteiger charge is -2.34. The fourth-order valence-electron chi connectivity index (χ4n) is 2.51. The van der Waals surface area contributed by atoms with E-state index in [1.54, 1.807) is 0 Å². The Hall–Kier alpha value is -0.910. The number of hydrogen-bond acceptors (Lipinski definition) is 5. The summed E-state index contributed by atoms with van der Waals surface area (Å²) in [5, 5.41) is 12.7. The van der Waals surface area contributed by atoms with Crippen LogP contribution in [-0.2, 0) is 6.54 Å². The van der Waals surface area contributed by atoms with Crippen LogP contribution in [0, 0.1) is 6.92 Å². The molecule has 0 atom stereocenters. The minimum Gasteiger partial charge on any atom is -0.396 e. The molecule has 5 heteroatoms. The SMILES string of the molecule is Cc1cc(CN2CCN(CCCCCO)CC2)on1. The molecule has 1 aliphatic heterocycles. The molecule has 1 aromatic heterocycles. The van der Waals surface area contributed by atoms with Gasteiger partial charge in [-0.25, -0.2) is 0 Å². The van der Waals surface area contributed by atoms with Crippen LogP contribution in [0.2, 0.25) is 0 Å². The summed E-state index contributed by atoms with van der Waals surface area (Å²) in [6.07, 6.45) is 3.26. The van der Waals surface area contributed by atoms with Crippen LogP contribution >= 0.6 is 0 Å². The molecule has 2 rings (SSSR count). The fourth-order valence-corrected chi connectivity index (χ4v) is 2.51. The maximum atomic E-state index is 8.75. The number of aliphatic hydroxyl groups is 1. The van der Waals surface area contributed by atoms with Gasteiger partial charge < -0.3 is 14.5 Å². The van der Waals surface area contributed by atoms with E-state index in [1.165, 1.54) is 6.42 Å². The van der Waals surface area contributed by atoms with Crippen molar-refractivity contribution < 1.29 is 9.63 Å². The highest BCUT2D eigenvalue weighted by molar-refractivity contribution is 5.02.